The number of phenolic OH excluding ortho intramolecular Hbond substituents is 1. The van der Waals surface area contributed by atoms with E-state index < -0.39 is 12.0 Å². The molecule has 6 heteroatoms. The lowest BCUT2D eigenvalue weighted by Gasteiger charge is -2.22. The van der Waals surface area contributed by atoms with Crippen molar-refractivity contribution in [2.24, 2.45) is 5.73 Å². The Kier molecular flexibility index (Phi) is 5.41. The molecule has 0 fully saturated rings. The highest BCUT2D eigenvalue weighted by molar-refractivity contribution is 6.04. The molecule has 4 N–H and O–H groups in total. The molecular weight excluding hydrogens is 356 g/mol. The summed E-state index contributed by atoms with van der Waals surface area (Å²) in [5.41, 5.74) is 9.28. The summed E-state index contributed by atoms with van der Waals surface area (Å²) < 4.78 is 0. The summed E-state index contributed by atoms with van der Waals surface area (Å²) in [6.07, 6.45) is 3.99. The van der Waals surface area contributed by atoms with Crippen molar-refractivity contribution in [2.45, 2.75) is 0 Å². The molecule has 28 heavy (non-hydrogen) atoms. The first-order valence-corrected chi connectivity index (χ1v) is 8.45. The molecule has 0 aliphatic carbocycles. The number of carbonyl (C=O) groups excluding carboxylic acids is 1. The van der Waals surface area contributed by atoms with Gasteiger partial charge in [-0.3, -0.25) is 4.90 Å². The number of nitrogens with two attached hydrogens (primary N) is 1. The van der Waals surface area contributed by atoms with Gasteiger partial charge in [-0.1, -0.05) is 48.6 Å². The van der Waals surface area contributed by atoms with Gasteiger partial charge in [-0.2, -0.15) is 0 Å². The van der Waals surface area contributed by atoms with E-state index in [9.17, 15) is 9.59 Å². The molecule has 3 aromatic carbocycles. The van der Waals surface area contributed by atoms with Crippen molar-refractivity contribution in [1.29, 1.82) is 0 Å². The van der Waals surface area contributed by atoms with E-state index in [-0.39, 0.29) is 11.3 Å². The van der Waals surface area contributed by atoms with E-state index in [2.05, 4.69) is 0 Å². The van der Waals surface area contributed by atoms with Crippen LogP contribution in [0.3, 0.4) is 0 Å². The molecule has 1 aliphatic heterocycles. The SMILES string of the molecule is NC(=O)N1c2ccccc2C=Cc2ccccc21.O=C(O)c1ccc(O)cc1. The van der Waals surface area contributed by atoms with Gasteiger partial charge in [0.15, 0.2) is 0 Å². The number of aromatic hydroxyl groups is 1. The van der Waals surface area contributed by atoms with Gasteiger partial charge in [0.1, 0.15) is 5.75 Å². The molecule has 0 aromatic heterocycles. The molecule has 2 amide bonds. The second-order valence-electron chi connectivity index (χ2n) is 5.98. The van der Waals surface area contributed by atoms with Crippen molar-refractivity contribution < 1.29 is 19.8 Å². The van der Waals surface area contributed by atoms with Crippen LogP contribution >= 0.6 is 0 Å². The van der Waals surface area contributed by atoms with Gasteiger partial charge in [-0.05, 0) is 47.5 Å². The van der Waals surface area contributed by atoms with Crippen LogP contribution in [0.25, 0.3) is 12.2 Å². The van der Waals surface area contributed by atoms with E-state index in [4.69, 9.17) is 15.9 Å². The smallest absolute Gasteiger partial charge is 0.335 e. The second-order valence-corrected chi connectivity index (χ2v) is 5.98. The minimum absolute atomic E-state index is 0.0741. The highest BCUT2D eigenvalue weighted by atomic mass is 16.4. The Labute approximate surface area is 161 Å². The number of carboxylic acids is 1. The topological polar surface area (TPSA) is 104 Å². The van der Waals surface area contributed by atoms with Crippen LogP contribution in [0.4, 0.5) is 16.2 Å². The van der Waals surface area contributed by atoms with Crippen molar-refractivity contribution in [1.82, 2.24) is 0 Å². The zero-order valence-corrected chi connectivity index (χ0v) is 14.8. The number of hydrogen-bond acceptors (Lipinski definition) is 3. The number of carboxylic acid groups (broad SMARTS) is 1. The lowest BCUT2D eigenvalue weighted by Crippen LogP contribution is -2.32. The van der Waals surface area contributed by atoms with Crippen molar-refractivity contribution in [2.75, 3.05) is 4.90 Å². The van der Waals surface area contributed by atoms with Crippen molar-refractivity contribution >= 4 is 35.5 Å². The number of rotatable bonds is 1. The van der Waals surface area contributed by atoms with Gasteiger partial charge in [0.05, 0.1) is 16.9 Å². The first-order valence-electron chi connectivity index (χ1n) is 8.45. The number of nitrogens with zero attached hydrogens (tertiary/aromatic N) is 1. The Morgan fingerprint density at radius 1 is 0.750 bits per heavy atom. The monoisotopic (exact) mass is 374 g/mol. The molecule has 0 saturated carbocycles. The van der Waals surface area contributed by atoms with Crippen LogP contribution in [-0.4, -0.2) is 22.2 Å². The van der Waals surface area contributed by atoms with Gasteiger partial charge in [0.25, 0.3) is 0 Å². The number of carbonyl (C=O) groups is 2. The molecule has 0 bridgehead atoms. The Morgan fingerprint density at radius 3 is 1.64 bits per heavy atom. The van der Waals surface area contributed by atoms with Crippen LogP contribution in [0.2, 0.25) is 0 Å². The van der Waals surface area contributed by atoms with Crippen molar-refractivity contribution in [3.05, 3.63) is 89.5 Å². The Bertz CT molecular complexity index is 993. The third-order valence-corrected chi connectivity index (χ3v) is 4.13. The fourth-order valence-electron chi connectivity index (χ4n) is 2.81. The number of anilines is 2. The molecule has 0 unspecified atom stereocenters. The van der Waals surface area contributed by atoms with Crippen LogP contribution in [0.1, 0.15) is 21.5 Å². The third kappa shape index (κ3) is 4.02. The summed E-state index contributed by atoms with van der Waals surface area (Å²) in [7, 11) is 0. The fraction of sp³-hybridized carbons (Fsp3) is 0. The third-order valence-electron chi connectivity index (χ3n) is 4.13. The summed E-state index contributed by atoms with van der Waals surface area (Å²) in [6.45, 7) is 0. The number of aromatic carboxylic acids is 1. The van der Waals surface area contributed by atoms with Crippen molar-refractivity contribution in [3.8, 4) is 5.75 Å². The van der Waals surface area contributed by atoms with E-state index in [1.165, 1.54) is 24.3 Å². The van der Waals surface area contributed by atoms with Gasteiger partial charge in [0.2, 0.25) is 0 Å². The molecule has 6 nitrogen and oxygen atoms in total. The van der Waals surface area contributed by atoms with Crippen LogP contribution < -0.4 is 10.6 Å². The summed E-state index contributed by atoms with van der Waals surface area (Å²) in [5.74, 6) is -0.912. The molecular formula is C22H18N2O4. The molecule has 1 heterocycles. The maximum Gasteiger partial charge on any atom is 0.335 e. The quantitative estimate of drug-likeness (QED) is 0.584. The lowest BCUT2D eigenvalue weighted by atomic mass is 10.1. The highest BCUT2D eigenvalue weighted by Gasteiger charge is 2.21. The fourth-order valence-corrected chi connectivity index (χ4v) is 2.81. The van der Waals surface area contributed by atoms with Gasteiger partial charge >= 0.3 is 12.0 Å². The largest absolute Gasteiger partial charge is 0.508 e. The number of phenols is 1. The maximum absolute atomic E-state index is 11.8. The van der Waals surface area contributed by atoms with Gasteiger partial charge in [-0.15, -0.1) is 0 Å². The van der Waals surface area contributed by atoms with E-state index in [1.807, 2.05) is 60.7 Å². The molecule has 1 aliphatic rings. The number of amides is 2. The Morgan fingerprint density at radius 2 is 1.21 bits per heavy atom. The second kappa shape index (κ2) is 8.09. The van der Waals surface area contributed by atoms with E-state index in [0.29, 0.717) is 0 Å². The van der Waals surface area contributed by atoms with Crippen molar-refractivity contribution in [3.63, 3.8) is 0 Å². The molecule has 0 radical (unpaired) electrons. The standard InChI is InChI=1S/C15H12N2O.C7H6O3/c16-15(18)17-13-7-3-1-5-11(13)9-10-12-6-2-4-8-14(12)17;8-6-3-1-5(2-4-6)7(9)10/h1-10H,(H2,16,18);1-4,8H,(H,9,10). The van der Waals surface area contributed by atoms with Crippen LogP contribution in [0, 0.1) is 0 Å². The lowest BCUT2D eigenvalue weighted by molar-refractivity contribution is 0.0697. The van der Waals surface area contributed by atoms with Gasteiger partial charge in [0, 0.05) is 0 Å². The van der Waals surface area contributed by atoms with Gasteiger partial charge < -0.3 is 15.9 Å². The Balaban J connectivity index is 0.000000192. The molecule has 140 valence electrons. The first-order chi connectivity index (χ1) is 13.5. The van der Waals surface area contributed by atoms with Crippen LogP contribution in [0.5, 0.6) is 5.75 Å². The molecule has 0 spiro atoms. The minimum atomic E-state index is -0.986. The zero-order valence-electron chi connectivity index (χ0n) is 14.8. The summed E-state index contributed by atoms with van der Waals surface area (Å²) in [6, 6.07) is 20.3. The summed E-state index contributed by atoms with van der Waals surface area (Å²) >= 11 is 0. The minimum Gasteiger partial charge on any atom is -0.508 e. The number of para-hydroxylation sites is 2. The predicted octanol–water partition coefficient (Wildman–Crippen LogP) is 4.48. The number of urea groups is 1. The van der Waals surface area contributed by atoms with Gasteiger partial charge in [-0.25, -0.2) is 9.59 Å². The maximum atomic E-state index is 11.8. The summed E-state index contributed by atoms with van der Waals surface area (Å²) in [5, 5.41) is 17.1. The van der Waals surface area contributed by atoms with E-state index in [1.54, 1.807) is 4.90 Å². The number of hydrogen-bond donors (Lipinski definition) is 3. The van der Waals surface area contributed by atoms with Crippen LogP contribution in [-0.2, 0) is 0 Å². The number of primary amides is 1. The zero-order chi connectivity index (χ0) is 20.1. The van der Waals surface area contributed by atoms with E-state index in [0.717, 1.165) is 22.5 Å². The van der Waals surface area contributed by atoms with E-state index >= 15 is 0 Å². The molecule has 4 rings (SSSR count). The number of fused-ring (bicyclic) bond motifs is 2. The molecule has 3 aromatic rings. The summed E-state index contributed by atoms with van der Waals surface area (Å²) in [4.78, 5) is 23.5. The predicted molar refractivity (Wildman–Crippen MR) is 109 cm³/mol. The first kappa shape index (κ1) is 18.7. The average molecular weight is 374 g/mol. The van der Waals surface area contributed by atoms with Crippen LogP contribution in [0.15, 0.2) is 72.8 Å². The highest BCUT2D eigenvalue weighted by Crippen LogP contribution is 2.35. The molecule has 0 atom stereocenters. The molecule has 0 saturated heterocycles. The Hall–Kier alpha value is -4.06. The number of benzene rings is 3. The normalized spacial score (nSPS) is 11.4. The average Bonchev–Trinajstić information content (AvgIpc) is 2.85.